The molecule has 2 heterocycles. The van der Waals surface area contributed by atoms with E-state index in [-0.39, 0.29) is 18.7 Å². The first-order valence-corrected chi connectivity index (χ1v) is 9.17. The second-order valence-corrected chi connectivity index (χ2v) is 6.77. The fourth-order valence-electron chi connectivity index (χ4n) is 2.95. The zero-order valence-corrected chi connectivity index (χ0v) is 15.0. The van der Waals surface area contributed by atoms with Crippen LogP contribution in [0.1, 0.15) is 23.3 Å². The van der Waals surface area contributed by atoms with E-state index in [0.717, 1.165) is 24.1 Å². The standard InChI is InChI=1S/C21H18N4O3/c26-21(23-14-6-7-14)16-11-19(25-20(24-16)13-4-2-1-3-5-13)22-15-8-9-17-18(10-15)28-12-27-17/h1-5,8-11,14H,6-7,12H2,(H,23,26)(H,22,24,25). The Morgan fingerprint density at radius 2 is 1.79 bits per heavy atom. The molecule has 28 heavy (non-hydrogen) atoms. The van der Waals surface area contributed by atoms with Crippen LogP contribution in [0.25, 0.3) is 11.4 Å². The van der Waals surface area contributed by atoms with Crippen molar-refractivity contribution in [3.63, 3.8) is 0 Å². The molecule has 7 nitrogen and oxygen atoms in total. The number of nitrogens with one attached hydrogen (secondary N) is 2. The van der Waals surface area contributed by atoms with Gasteiger partial charge in [-0.2, -0.15) is 0 Å². The molecule has 3 aromatic rings. The molecule has 2 N–H and O–H groups in total. The van der Waals surface area contributed by atoms with E-state index in [4.69, 9.17) is 9.47 Å². The van der Waals surface area contributed by atoms with Gasteiger partial charge in [0.05, 0.1) is 0 Å². The number of amides is 1. The van der Waals surface area contributed by atoms with Crippen molar-refractivity contribution in [3.05, 3.63) is 60.3 Å². The molecule has 1 aliphatic carbocycles. The second kappa shape index (κ2) is 6.84. The Hall–Kier alpha value is -3.61. The van der Waals surface area contributed by atoms with Crippen molar-refractivity contribution < 1.29 is 14.3 Å². The number of ether oxygens (including phenoxy) is 2. The number of benzene rings is 2. The van der Waals surface area contributed by atoms with E-state index in [2.05, 4.69) is 20.6 Å². The lowest BCUT2D eigenvalue weighted by Crippen LogP contribution is -2.26. The van der Waals surface area contributed by atoms with Crippen LogP contribution in [0, 0.1) is 0 Å². The Morgan fingerprint density at radius 3 is 2.61 bits per heavy atom. The number of nitrogens with zero attached hydrogens (tertiary/aromatic N) is 2. The zero-order chi connectivity index (χ0) is 18.9. The zero-order valence-electron chi connectivity index (χ0n) is 15.0. The Bertz CT molecular complexity index is 1040. The van der Waals surface area contributed by atoms with Gasteiger partial charge in [-0.1, -0.05) is 30.3 Å². The minimum Gasteiger partial charge on any atom is -0.454 e. The maximum atomic E-state index is 12.6. The van der Waals surface area contributed by atoms with Gasteiger partial charge in [-0.05, 0) is 25.0 Å². The highest BCUT2D eigenvalue weighted by molar-refractivity contribution is 5.94. The predicted octanol–water partition coefficient (Wildman–Crippen LogP) is 3.51. The molecule has 0 saturated heterocycles. The molecule has 0 unspecified atom stereocenters. The summed E-state index contributed by atoms with van der Waals surface area (Å²) in [6.45, 7) is 0.218. The lowest BCUT2D eigenvalue weighted by Gasteiger charge is -2.11. The van der Waals surface area contributed by atoms with Crippen LogP contribution in [0.2, 0.25) is 0 Å². The van der Waals surface area contributed by atoms with Crippen molar-refractivity contribution in [1.29, 1.82) is 0 Å². The number of carbonyl (C=O) groups excluding carboxylic acids is 1. The van der Waals surface area contributed by atoms with Gasteiger partial charge < -0.3 is 20.1 Å². The molecule has 0 spiro atoms. The van der Waals surface area contributed by atoms with Crippen LogP contribution in [0.5, 0.6) is 11.5 Å². The van der Waals surface area contributed by atoms with Gasteiger partial charge in [0.2, 0.25) is 6.79 Å². The van der Waals surface area contributed by atoms with Crippen molar-refractivity contribution in [1.82, 2.24) is 15.3 Å². The van der Waals surface area contributed by atoms with Crippen LogP contribution >= 0.6 is 0 Å². The number of anilines is 2. The predicted molar refractivity (Wildman–Crippen MR) is 104 cm³/mol. The van der Waals surface area contributed by atoms with E-state index >= 15 is 0 Å². The molecule has 140 valence electrons. The first-order chi connectivity index (χ1) is 13.7. The van der Waals surface area contributed by atoms with Crippen LogP contribution in [0.15, 0.2) is 54.6 Å². The van der Waals surface area contributed by atoms with E-state index in [1.165, 1.54) is 0 Å². The summed E-state index contributed by atoms with van der Waals surface area (Å²) in [6, 6.07) is 17.1. The van der Waals surface area contributed by atoms with E-state index < -0.39 is 0 Å². The van der Waals surface area contributed by atoms with Crippen molar-refractivity contribution in [2.24, 2.45) is 0 Å². The van der Waals surface area contributed by atoms with Crippen LogP contribution in [-0.4, -0.2) is 28.7 Å². The third kappa shape index (κ3) is 3.46. The molecule has 1 aromatic heterocycles. The Balaban J connectivity index is 1.49. The van der Waals surface area contributed by atoms with Crippen LogP contribution in [0.4, 0.5) is 11.5 Å². The molecular formula is C21H18N4O3. The minimum atomic E-state index is -0.184. The third-order valence-corrected chi connectivity index (χ3v) is 4.55. The van der Waals surface area contributed by atoms with Crippen molar-refractivity contribution >= 4 is 17.4 Å². The van der Waals surface area contributed by atoms with Crippen molar-refractivity contribution in [2.75, 3.05) is 12.1 Å². The molecule has 5 rings (SSSR count). The minimum absolute atomic E-state index is 0.184. The van der Waals surface area contributed by atoms with Gasteiger partial charge in [-0.15, -0.1) is 0 Å². The average Bonchev–Trinajstić information content (AvgIpc) is 3.42. The monoisotopic (exact) mass is 374 g/mol. The second-order valence-electron chi connectivity index (χ2n) is 6.77. The van der Waals surface area contributed by atoms with Gasteiger partial charge in [0.25, 0.3) is 5.91 Å². The summed E-state index contributed by atoms with van der Waals surface area (Å²) in [5.41, 5.74) is 1.97. The fourth-order valence-corrected chi connectivity index (χ4v) is 2.95. The number of hydrogen-bond donors (Lipinski definition) is 2. The Labute approximate surface area is 161 Å². The van der Waals surface area contributed by atoms with Gasteiger partial charge in [0, 0.05) is 29.4 Å². The van der Waals surface area contributed by atoms with Crippen LogP contribution in [-0.2, 0) is 0 Å². The summed E-state index contributed by atoms with van der Waals surface area (Å²) >= 11 is 0. The van der Waals surface area contributed by atoms with Gasteiger partial charge >= 0.3 is 0 Å². The molecule has 2 aromatic carbocycles. The van der Waals surface area contributed by atoms with E-state index in [1.54, 1.807) is 6.07 Å². The van der Waals surface area contributed by atoms with Crippen LogP contribution in [0.3, 0.4) is 0 Å². The smallest absolute Gasteiger partial charge is 0.270 e. The molecule has 2 aliphatic rings. The number of carbonyl (C=O) groups is 1. The highest BCUT2D eigenvalue weighted by Crippen LogP contribution is 2.35. The fraction of sp³-hybridized carbons (Fsp3) is 0.190. The molecule has 1 saturated carbocycles. The summed E-state index contributed by atoms with van der Waals surface area (Å²) in [5, 5.41) is 6.22. The van der Waals surface area contributed by atoms with Gasteiger partial charge in [0.15, 0.2) is 17.3 Å². The van der Waals surface area contributed by atoms with E-state index in [1.807, 2.05) is 48.5 Å². The Morgan fingerprint density at radius 1 is 0.964 bits per heavy atom. The molecule has 0 radical (unpaired) electrons. The topological polar surface area (TPSA) is 85.4 Å². The summed E-state index contributed by atoms with van der Waals surface area (Å²) in [4.78, 5) is 21.6. The number of fused-ring (bicyclic) bond motifs is 1. The summed E-state index contributed by atoms with van der Waals surface area (Å²) in [6.07, 6.45) is 2.04. The van der Waals surface area contributed by atoms with Gasteiger partial charge in [-0.3, -0.25) is 4.79 Å². The number of rotatable bonds is 5. The molecule has 7 heteroatoms. The van der Waals surface area contributed by atoms with Crippen LogP contribution < -0.4 is 20.1 Å². The van der Waals surface area contributed by atoms with E-state index in [0.29, 0.717) is 28.8 Å². The summed E-state index contributed by atoms with van der Waals surface area (Å²) in [5.74, 6) is 2.23. The summed E-state index contributed by atoms with van der Waals surface area (Å²) < 4.78 is 10.8. The SMILES string of the molecule is O=C(NC1CC1)c1cc(Nc2ccc3c(c2)OCO3)nc(-c2ccccc2)n1. The molecule has 0 bridgehead atoms. The third-order valence-electron chi connectivity index (χ3n) is 4.55. The lowest BCUT2D eigenvalue weighted by atomic mass is 10.2. The van der Waals surface area contributed by atoms with Gasteiger partial charge in [0.1, 0.15) is 11.5 Å². The quantitative estimate of drug-likeness (QED) is 0.711. The van der Waals surface area contributed by atoms with Gasteiger partial charge in [-0.25, -0.2) is 9.97 Å². The number of aromatic nitrogens is 2. The Kier molecular flexibility index (Phi) is 4.05. The largest absolute Gasteiger partial charge is 0.454 e. The maximum absolute atomic E-state index is 12.6. The maximum Gasteiger partial charge on any atom is 0.270 e. The molecule has 1 amide bonds. The average molecular weight is 374 g/mol. The lowest BCUT2D eigenvalue weighted by molar-refractivity contribution is 0.0946. The van der Waals surface area contributed by atoms with Crippen molar-refractivity contribution in [3.8, 4) is 22.9 Å². The normalized spacial score (nSPS) is 14.6. The molecular weight excluding hydrogens is 356 g/mol. The first-order valence-electron chi connectivity index (χ1n) is 9.17. The molecule has 0 atom stereocenters. The highest BCUT2D eigenvalue weighted by Gasteiger charge is 2.25. The molecule has 1 aliphatic heterocycles. The van der Waals surface area contributed by atoms with E-state index in [9.17, 15) is 4.79 Å². The molecule has 1 fully saturated rings. The van der Waals surface area contributed by atoms with Crippen molar-refractivity contribution in [2.45, 2.75) is 18.9 Å². The number of hydrogen-bond acceptors (Lipinski definition) is 6. The highest BCUT2D eigenvalue weighted by atomic mass is 16.7. The summed E-state index contributed by atoms with van der Waals surface area (Å²) in [7, 11) is 0. The first kappa shape index (κ1) is 16.6.